The average Bonchev–Trinajstić information content (AvgIpc) is 3.09. The van der Waals surface area contributed by atoms with Crippen molar-refractivity contribution < 1.29 is 5.11 Å². The molecule has 0 amide bonds. The zero-order chi connectivity index (χ0) is 11.3. The van der Waals surface area contributed by atoms with Gasteiger partial charge in [-0.3, -0.25) is 0 Å². The number of aliphatic hydroxyl groups is 1. The lowest BCUT2D eigenvalue weighted by Gasteiger charge is -2.37. The highest BCUT2D eigenvalue weighted by atomic mass is 16.3. The minimum atomic E-state index is -0.0504. The first-order chi connectivity index (χ1) is 7.22. The summed E-state index contributed by atoms with van der Waals surface area (Å²) in [6, 6.07) is 0. The molecule has 0 heterocycles. The van der Waals surface area contributed by atoms with Crippen LogP contribution in [0.15, 0.2) is 0 Å². The predicted molar refractivity (Wildman–Crippen MR) is 64.0 cm³/mol. The van der Waals surface area contributed by atoms with Crippen LogP contribution in [0.5, 0.6) is 0 Å². The highest BCUT2D eigenvalue weighted by molar-refractivity contribution is 5.02. The van der Waals surface area contributed by atoms with E-state index >= 15 is 0 Å². The zero-order valence-electron chi connectivity index (χ0n) is 10.4. The Balaban J connectivity index is 2.55. The van der Waals surface area contributed by atoms with Crippen molar-refractivity contribution in [1.82, 2.24) is 10.2 Å². The number of hydrogen-bond donors (Lipinski definition) is 2. The SMILES string of the molecule is CCCN(CC)CC(CO)(NC)C1CC1. The first-order valence-corrected chi connectivity index (χ1v) is 6.24. The molecule has 0 radical (unpaired) electrons. The molecule has 1 aliphatic rings. The van der Waals surface area contributed by atoms with Gasteiger partial charge in [-0.15, -0.1) is 0 Å². The third-order valence-corrected chi connectivity index (χ3v) is 3.63. The van der Waals surface area contributed by atoms with Gasteiger partial charge in [0.05, 0.1) is 12.1 Å². The van der Waals surface area contributed by atoms with Crippen molar-refractivity contribution in [2.45, 2.75) is 38.6 Å². The van der Waals surface area contributed by atoms with Crippen LogP contribution < -0.4 is 5.32 Å². The summed E-state index contributed by atoms with van der Waals surface area (Å²) < 4.78 is 0. The molecular formula is C12H26N2O. The number of aliphatic hydroxyl groups excluding tert-OH is 1. The smallest absolute Gasteiger partial charge is 0.0628 e. The van der Waals surface area contributed by atoms with E-state index in [0.29, 0.717) is 5.92 Å². The van der Waals surface area contributed by atoms with Gasteiger partial charge in [0.2, 0.25) is 0 Å². The summed E-state index contributed by atoms with van der Waals surface area (Å²) in [6.45, 7) is 7.85. The summed E-state index contributed by atoms with van der Waals surface area (Å²) in [6.07, 6.45) is 3.72. The van der Waals surface area contributed by atoms with E-state index in [2.05, 4.69) is 24.1 Å². The van der Waals surface area contributed by atoms with Crippen LogP contribution in [0, 0.1) is 5.92 Å². The van der Waals surface area contributed by atoms with Crippen LogP contribution in [0.2, 0.25) is 0 Å². The maximum Gasteiger partial charge on any atom is 0.0628 e. The van der Waals surface area contributed by atoms with Crippen molar-refractivity contribution in [1.29, 1.82) is 0 Å². The molecule has 2 N–H and O–H groups in total. The molecule has 0 spiro atoms. The monoisotopic (exact) mass is 214 g/mol. The Morgan fingerprint density at radius 2 is 2.07 bits per heavy atom. The van der Waals surface area contributed by atoms with E-state index in [4.69, 9.17) is 0 Å². The van der Waals surface area contributed by atoms with Crippen LogP contribution in [0.25, 0.3) is 0 Å². The van der Waals surface area contributed by atoms with Crippen LogP contribution in [0.4, 0.5) is 0 Å². The molecule has 0 aromatic heterocycles. The van der Waals surface area contributed by atoms with Gasteiger partial charge < -0.3 is 15.3 Å². The van der Waals surface area contributed by atoms with Crippen molar-refractivity contribution in [3.05, 3.63) is 0 Å². The van der Waals surface area contributed by atoms with Crippen molar-refractivity contribution >= 4 is 0 Å². The molecule has 1 atom stereocenters. The van der Waals surface area contributed by atoms with E-state index in [0.717, 1.165) is 19.6 Å². The fourth-order valence-corrected chi connectivity index (χ4v) is 2.37. The van der Waals surface area contributed by atoms with Gasteiger partial charge in [0, 0.05) is 6.54 Å². The number of rotatable bonds is 8. The second-order valence-corrected chi connectivity index (χ2v) is 4.71. The molecule has 1 rings (SSSR count). The summed E-state index contributed by atoms with van der Waals surface area (Å²) in [5.41, 5.74) is -0.0504. The van der Waals surface area contributed by atoms with Crippen molar-refractivity contribution in [2.75, 3.05) is 33.3 Å². The minimum Gasteiger partial charge on any atom is -0.394 e. The molecule has 0 aromatic rings. The topological polar surface area (TPSA) is 35.5 Å². The molecule has 1 fully saturated rings. The normalized spacial score (nSPS) is 20.6. The van der Waals surface area contributed by atoms with Crippen LogP contribution >= 0.6 is 0 Å². The maximum atomic E-state index is 9.61. The van der Waals surface area contributed by atoms with Gasteiger partial charge in [-0.05, 0) is 45.3 Å². The maximum absolute atomic E-state index is 9.61. The van der Waals surface area contributed by atoms with E-state index < -0.39 is 0 Å². The van der Waals surface area contributed by atoms with Gasteiger partial charge >= 0.3 is 0 Å². The molecule has 15 heavy (non-hydrogen) atoms. The molecule has 0 bridgehead atoms. The van der Waals surface area contributed by atoms with E-state index in [9.17, 15) is 5.11 Å². The molecule has 0 aliphatic heterocycles. The number of likely N-dealkylation sites (N-methyl/N-ethyl adjacent to an activating group) is 2. The Labute approximate surface area is 93.9 Å². The second-order valence-electron chi connectivity index (χ2n) is 4.71. The highest BCUT2D eigenvalue weighted by Crippen LogP contribution is 2.39. The Morgan fingerprint density at radius 1 is 1.40 bits per heavy atom. The zero-order valence-corrected chi connectivity index (χ0v) is 10.4. The van der Waals surface area contributed by atoms with Crippen LogP contribution in [0.1, 0.15) is 33.1 Å². The van der Waals surface area contributed by atoms with Crippen molar-refractivity contribution in [3.8, 4) is 0 Å². The van der Waals surface area contributed by atoms with E-state index in [1.807, 2.05) is 7.05 Å². The molecule has 90 valence electrons. The van der Waals surface area contributed by atoms with Gasteiger partial charge in [-0.2, -0.15) is 0 Å². The molecule has 1 saturated carbocycles. The third-order valence-electron chi connectivity index (χ3n) is 3.63. The summed E-state index contributed by atoms with van der Waals surface area (Å²) in [7, 11) is 1.98. The molecule has 1 aliphatic carbocycles. The Morgan fingerprint density at radius 3 is 2.40 bits per heavy atom. The van der Waals surface area contributed by atoms with Crippen LogP contribution in [-0.2, 0) is 0 Å². The van der Waals surface area contributed by atoms with Crippen molar-refractivity contribution in [3.63, 3.8) is 0 Å². The Hall–Kier alpha value is -0.120. The van der Waals surface area contributed by atoms with Crippen LogP contribution in [0.3, 0.4) is 0 Å². The third kappa shape index (κ3) is 3.16. The number of nitrogens with one attached hydrogen (secondary N) is 1. The molecule has 0 aromatic carbocycles. The van der Waals surface area contributed by atoms with Gasteiger partial charge in [0.1, 0.15) is 0 Å². The van der Waals surface area contributed by atoms with Gasteiger partial charge in [0.25, 0.3) is 0 Å². The van der Waals surface area contributed by atoms with Gasteiger partial charge in [0.15, 0.2) is 0 Å². The van der Waals surface area contributed by atoms with Crippen LogP contribution in [-0.4, -0.2) is 48.8 Å². The summed E-state index contributed by atoms with van der Waals surface area (Å²) in [4.78, 5) is 2.44. The predicted octanol–water partition coefficient (Wildman–Crippen LogP) is 1.08. The summed E-state index contributed by atoms with van der Waals surface area (Å²) in [5.74, 6) is 0.679. The lowest BCUT2D eigenvalue weighted by molar-refractivity contribution is 0.0989. The Bertz CT molecular complexity index is 176. The van der Waals surface area contributed by atoms with E-state index in [1.54, 1.807) is 0 Å². The fourth-order valence-electron chi connectivity index (χ4n) is 2.37. The van der Waals surface area contributed by atoms with E-state index in [1.165, 1.54) is 19.3 Å². The average molecular weight is 214 g/mol. The Kier molecular flexibility index (Phi) is 5.03. The molecule has 1 unspecified atom stereocenters. The fraction of sp³-hybridized carbons (Fsp3) is 1.00. The largest absolute Gasteiger partial charge is 0.394 e. The highest BCUT2D eigenvalue weighted by Gasteiger charge is 2.44. The lowest BCUT2D eigenvalue weighted by Crippen LogP contribution is -2.56. The van der Waals surface area contributed by atoms with Gasteiger partial charge in [-0.25, -0.2) is 0 Å². The molecule has 3 heteroatoms. The molecule has 3 nitrogen and oxygen atoms in total. The standard InChI is InChI=1S/C12H26N2O/c1-4-8-14(5-2)9-12(10-15,13-3)11-6-7-11/h11,13,15H,4-10H2,1-3H3. The second kappa shape index (κ2) is 5.83. The van der Waals surface area contributed by atoms with Crippen molar-refractivity contribution in [2.24, 2.45) is 5.92 Å². The molecular weight excluding hydrogens is 188 g/mol. The lowest BCUT2D eigenvalue weighted by atomic mass is 9.93. The first kappa shape index (κ1) is 12.9. The van der Waals surface area contributed by atoms with E-state index in [-0.39, 0.29) is 12.1 Å². The first-order valence-electron chi connectivity index (χ1n) is 6.24. The quantitative estimate of drug-likeness (QED) is 0.634. The minimum absolute atomic E-state index is 0.0504. The summed E-state index contributed by atoms with van der Waals surface area (Å²) >= 11 is 0. The summed E-state index contributed by atoms with van der Waals surface area (Å²) in [5, 5.41) is 13.0. The number of hydrogen-bond acceptors (Lipinski definition) is 3. The molecule has 0 saturated heterocycles. The number of nitrogens with zero attached hydrogens (tertiary/aromatic N) is 1. The van der Waals surface area contributed by atoms with Gasteiger partial charge in [-0.1, -0.05) is 13.8 Å².